The Kier molecular flexibility index (Phi) is 3.99. The summed E-state index contributed by atoms with van der Waals surface area (Å²) in [6, 6.07) is 20.5. The van der Waals surface area contributed by atoms with Gasteiger partial charge < -0.3 is 5.41 Å². The summed E-state index contributed by atoms with van der Waals surface area (Å²) in [5.74, 6) is 0.00455. The van der Waals surface area contributed by atoms with Crippen LogP contribution < -0.4 is 0 Å². The second-order valence-corrected chi connectivity index (χ2v) is 6.86. The minimum absolute atomic E-state index is 0.00455. The van der Waals surface area contributed by atoms with Crippen LogP contribution in [0.4, 0.5) is 0 Å². The molecular formula is C17H15NS2. The summed E-state index contributed by atoms with van der Waals surface area (Å²) >= 11 is 7.19. The molecule has 20 heavy (non-hydrogen) atoms. The molecule has 1 N–H and O–H groups in total. The Labute approximate surface area is 128 Å². The molecule has 2 aromatic rings. The lowest BCUT2D eigenvalue weighted by molar-refractivity contribution is 1.02. The van der Waals surface area contributed by atoms with Crippen molar-refractivity contribution < 1.29 is 0 Å². The van der Waals surface area contributed by atoms with Crippen molar-refractivity contribution in [3.8, 4) is 0 Å². The molecule has 0 saturated carbocycles. The van der Waals surface area contributed by atoms with E-state index < -0.39 is 0 Å². The van der Waals surface area contributed by atoms with Gasteiger partial charge in [0, 0.05) is 5.71 Å². The standard InChI is InChI=1S/C17H15NS2/c18-16-14(11-12-7-3-1-4-8-12)20-17(19)15(16)13-9-5-2-6-10-13/h1-10,14-15,18H,11H2. The second-order valence-electron chi connectivity index (χ2n) is 4.91. The maximum atomic E-state index is 8.47. The SMILES string of the molecule is N=C1C(Cc2ccccc2)SC(=S)C1c1ccccc1. The van der Waals surface area contributed by atoms with E-state index in [0.717, 1.165) is 21.9 Å². The molecule has 0 spiro atoms. The number of thioether (sulfide) groups is 1. The molecule has 0 bridgehead atoms. The van der Waals surface area contributed by atoms with Crippen LogP contribution in [0.1, 0.15) is 17.0 Å². The summed E-state index contributed by atoms with van der Waals surface area (Å²) in [6.45, 7) is 0. The summed E-state index contributed by atoms with van der Waals surface area (Å²) < 4.78 is 0.933. The van der Waals surface area contributed by atoms with Crippen molar-refractivity contribution in [1.82, 2.24) is 0 Å². The molecule has 3 rings (SSSR count). The van der Waals surface area contributed by atoms with Gasteiger partial charge in [0.15, 0.2) is 0 Å². The molecule has 0 aromatic heterocycles. The summed E-state index contributed by atoms with van der Waals surface area (Å²) in [4.78, 5) is 0. The van der Waals surface area contributed by atoms with Crippen LogP contribution in [-0.4, -0.2) is 15.2 Å². The fourth-order valence-corrected chi connectivity index (χ4v) is 4.36. The number of rotatable bonds is 3. The van der Waals surface area contributed by atoms with E-state index >= 15 is 0 Å². The first kappa shape index (κ1) is 13.5. The quantitative estimate of drug-likeness (QED) is 0.845. The monoisotopic (exact) mass is 297 g/mol. The third-order valence-corrected chi connectivity index (χ3v) is 5.25. The molecule has 1 aliphatic heterocycles. The van der Waals surface area contributed by atoms with Crippen molar-refractivity contribution in [3.05, 3.63) is 71.8 Å². The predicted molar refractivity (Wildman–Crippen MR) is 91.0 cm³/mol. The van der Waals surface area contributed by atoms with Crippen LogP contribution in [0.5, 0.6) is 0 Å². The normalized spacial score (nSPS) is 22.2. The van der Waals surface area contributed by atoms with E-state index in [4.69, 9.17) is 17.6 Å². The molecule has 3 heteroatoms. The van der Waals surface area contributed by atoms with Gasteiger partial charge in [-0.25, -0.2) is 0 Å². The number of benzene rings is 2. The minimum atomic E-state index is 0.00455. The zero-order valence-corrected chi connectivity index (χ0v) is 12.6. The summed E-state index contributed by atoms with van der Waals surface area (Å²) in [5, 5.41) is 8.65. The van der Waals surface area contributed by atoms with Crippen molar-refractivity contribution in [2.45, 2.75) is 17.6 Å². The molecule has 0 radical (unpaired) electrons. The lowest BCUT2D eigenvalue weighted by Crippen LogP contribution is -2.19. The number of thiocarbonyl (C=S) groups is 1. The van der Waals surface area contributed by atoms with E-state index in [0.29, 0.717) is 0 Å². The molecule has 1 heterocycles. The fourth-order valence-electron chi connectivity index (χ4n) is 2.53. The smallest absolute Gasteiger partial charge is 0.0641 e. The molecule has 0 amide bonds. The Bertz CT molecular complexity index is 622. The lowest BCUT2D eigenvalue weighted by Gasteiger charge is -2.12. The molecule has 1 nitrogen and oxygen atoms in total. The predicted octanol–water partition coefficient (Wildman–Crippen LogP) is 4.48. The van der Waals surface area contributed by atoms with Crippen LogP contribution in [0.25, 0.3) is 0 Å². The average Bonchev–Trinajstić information content (AvgIpc) is 2.75. The van der Waals surface area contributed by atoms with Crippen LogP contribution in [0.3, 0.4) is 0 Å². The van der Waals surface area contributed by atoms with Gasteiger partial charge in [0.1, 0.15) is 0 Å². The van der Waals surface area contributed by atoms with Crippen LogP contribution in [-0.2, 0) is 6.42 Å². The van der Waals surface area contributed by atoms with Crippen molar-refractivity contribution in [2.75, 3.05) is 0 Å². The van der Waals surface area contributed by atoms with Gasteiger partial charge in [-0.2, -0.15) is 0 Å². The highest BCUT2D eigenvalue weighted by Gasteiger charge is 2.36. The molecule has 0 aliphatic carbocycles. The van der Waals surface area contributed by atoms with Crippen molar-refractivity contribution in [3.63, 3.8) is 0 Å². The Morgan fingerprint density at radius 3 is 2.20 bits per heavy atom. The Morgan fingerprint density at radius 2 is 1.55 bits per heavy atom. The first-order chi connectivity index (χ1) is 9.75. The van der Waals surface area contributed by atoms with Gasteiger partial charge in [0.05, 0.1) is 15.4 Å². The molecule has 1 saturated heterocycles. The van der Waals surface area contributed by atoms with Gasteiger partial charge in [0.2, 0.25) is 0 Å². The first-order valence-electron chi connectivity index (χ1n) is 6.63. The molecule has 100 valence electrons. The molecule has 2 unspecified atom stereocenters. The van der Waals surface area contributed by atoms with Gasteiger partial charge in [-0.15, -0.1) is 11.8 Å². The summed E-state index contributed by atoms with van der Waals surface area (Å²) in [5.41, 5.74) is 3.16. The van der Waals surface area contributed by atoms with Crippen LogP contribution in [0, 0.1) is 5.41 Å². The van der Waals surface area contributed by atoms with E-state index in [1.54, 1.807) is 11.8 Å². The second kappa shape index (κ2) is 5.90. The Morgan fingerprint density at radius 1 is 0.950 bits per heavy atom. The third kappa shape index (κ3) is 2.69. The first-order valence-corrected chi connectivity index (χ1v) is 7.92. The molecular weight excluding hydrogens is 282 g/mol. The third-order valence-electron chi connectivity index (χ3n) is 3.55. The van der Waals surface area contributed by atoms with Gasteiger partial charge in [-0.3, -0.25) is 0 Å². The molecule has 2 atom stereocenters. The fraction of sp³-hybridized carbons (Fsp3) is 0.176. The highest BCUT2D eigenvalue weighted by molar-refractivity contribution is 8.24. The summed E-state index contributed by atoms with van der Waals surface area (Å²) in [7, 11) is 0. The maximum absolute atomic E-state index is 8.47. The zero-order chi connectivity index (χ0) is 13.9. The van der Waals surface area contributed by atoms with Gasteiger partial charge in [-0.05, 0) is 17.5 Å². The van der Waals surface area contributed by atoms with Crippen LogP contribution in [0.2, 0.25) is 0 Å². The number of hydrogen-bond donors (Lipinski definition) is 1. The Balaban J connectivity index is 1.81. The van der Waals surface area contributed by atoms with Gasteiger partial charge in [-0.1, -0.05) is 72.9 Å². The highest BCUT2D eigenvalue weighted by Crippen LogP contribution is 2.39. The van der Waals surface area contributed by atoms with E-state index in [2.05, 4.69) is 24.3 Å². The summed E-state index contributed by atoms with van der Waals surface area (Å²) in [6.07, 6.45) is 0.883. The maximum Gasteiger partial charge on any atom is 0.0641 e. The number of nitrogens with one attached hydrogen (secondary N) is 1. The van der Waals surface area contributed by atoms with E-state index in [1.807, 2.05) is 36.4 Å². The van der Waals surface area contributed by atoms with E-state index in [-0.39, 0.29) is 11.2 Å². The lowest BCUT2D eigenvalue weighted by atomic mass is 9.92. The minimum Gasteiger partial charge on any atom is -0.307 e. The largest absolute Gasteiger partial charge is 0.307 e. The Hall–Kier alpha value is -1.45. The van der Waals surface area contributed by atoms with Gasteiger partial charge in [0.25, 0.3) is 0 Å². The average molecular weight is 297 g/mol. The molecule has 2 aromatic carbocycles. The van der Waals surface area contributed by atoms with Crippen LogP contribution >= 0.6 is 24.0 Å². The number of hydrogen-bond acceptors (Lipinski definition) is 3. The topological polar surface area (TPSA) is 23.9 Å². The zero-order valence-electron chi connectivity index (χ0n) is 11.0. The van der Waals surface area contributed by atoms with Crippen LogP contribution in [0.15, 0.2) is 60.7 Å². The molecule has 1 aliphatic rings. The van der Waals surface area contributed by atoms with E-state index in [9.17, 15) is 0 Å². The van der Waals surface area contributed by atoms with E-state index in [1.165, 1.54) is 5.56 Å². The van der Waals surface area contributed by atoms with Crippen molar-refractivity contribution in [1.29, 1.82) is 5.41 Å². The highest BCUT2D eigenvalue weighted by atomic mass is 32.2. The van der Waals surface area contributed by atoms with Crippen molar-refractivity contribution in [2.24, 2.45) is 0 Å². The van der Waals surface area contributed by atoms with Crippen molar-refractivity contribution >= 4 is 33.9 Å². The molecule has 1 fully saturated rings. The van der Waals surface area contributed by atoms with Gasteiger partial charge >= 0.3 is 0 Å².